The van der Waals surface area contributed by atoms with Gasteiger partial charge < -0.3 is 20.9 Å². The van der Waals surface area contributed by atoms with Crippen LogP contribution in [0.15, 0.2) is 66.6 Å². The van der Waals surface area contributed by atoms with Crippen molar-refractivity contribution in [1.29, 1.82) is 0 Å². The normalized spacial score (nSPS) is 14.2. The van der Waals surface area contributed by atoms with E-state index in [-0.39, 0.29) is 18.6 Å². The quantitative estimate of drug-likeness (QED) is 0.259. The van der Waals surface area contributed by atoms with E-state index in [1.54, 1.807) is 0 Å². The molecule has 32 heavy (non-hydrogen) atoms. The smallest absolute Gasteiger partial charge is 0.119 e. The summed E-state index contributed by atoms with van der Waals surface area (Å²) in [4.78, 5) is 4.37. The predicted octanol–water partition coefficient (Wildman–Crippen LogP) is 5.12. The van der Waals surface area contributed by atoms with E-state index in [2.05, 4.69) is 29.9 Å². The molecule has 0 saturated carbocycles. The summed E-state index contributed by atoms with van der Waals surface area (Å²) in [7, 11) is 0. The van der Waals surface area contributed by atoms with Gasteiger partial charge in [-0.15, -0.1) is 0 Å². The van der Waals surface area contributed by atoms with Crippen LogP contribution in [0.3, 0.4) is 0 Å². The van der Waals surface area contributed by atoms with Crippen LogP contribution in [0.1, 0.15) is 49.2 Å². The van der Waals surface area contributed by atoms with Crippen LogP contribution in [0.25, 0.3) is 5.57 Å². The summed E-state index contributed by atoms with van der Waals surface area (Å²) < 4.78 is 6.01. The molecule has 5 nitrogen and oxygen atoms in total. The number of hydrogen-bond acceptors (Lipinski definition) is 5. The van der Waals surface area contributed by atoms with Crippen molar-refractivity contribution in [3.63, 3.8) is 0 Å². The second kappa shape index (κ2) is 12.2. The van der Waals surface area contributed by atoms with Gasteiger partial charge in [0.25, 0.3) is 0 Å². The van der Waals surface area contributed by atoms with E-state index in [1.165, 1.54) is 0 Å². The third-order valence-electron chi connectivity index (χ3n) is 5.25. The first-order valence-electron chi connectivity index (χ1n) is 11.0. The third-order valence-corrected chi connectivity index (χ3v) is 5.25. The summed E-state index contributed by atoms with van der Waals surface area (Å²) in [6.07, 6.45) is 5.81. The molecule has 1 aromatic heterocycles. The first-order valence-corrected chi connectivity index (χ1v) is 11.0. The lowest BCUT2D eigenvalue weighted by molar-refractivity contribution is 0.134. The van der Waals surface area contributed by atoms with Gasteiger partial charge in [0.2, 0.25) is 0 Å². The second-order valence-corrected chi connectivity index (χ2v) is 8.56. The van der Waals surface area contributed by atoms with Gasteiger partial charge in [0.15, 0.2) is 0 Å². The fourth-order valence-electron chi connectivity index (χ4n) is 3.14. The van der Waals surface area contributed by atoms with E-state index in [0.29, 0.717) is 18.9 Å². The first kappa shape index (κ1) is 25.4. The van der Waals surface area contributed by atoms with Gasteiger partial charge in [-0.3, -0.25) is 4.98 Å². The van der Waals surface area contributed by atoms with Crippen LogP contribution in [0.5, 0.6) is 0 Å². The summed E-state index contributed by atoms with van der Waals surface area (Å²) in [6.45, 7) is 15.4. The molecular formula is C27H37N3O2. The highest BCUT2D eigenvalue weighted by Crippen LogP contribution is 2.24. The molecule has 2 atom stereocenters. The number of nitrogens with two attached hydrogens (primary N) is 1. The third kappa shape index (κ3) is 7.98. The van der Waals surface area contributed by atoms with Crippen molar-refractivity contribution in [2.24, 2.45) is 5.92 Å². The molecule has 0 aliphatic heterocycles. The highest BCUT2D eigenvalue weighted by molar-refractivity contribution is 5.75. The molecule has 0 spiro atoms. The number of aromatic nitrogens is 1. The minimum Gasteiger partial charge on any atom is -0.493 e. The standard InChI is InChI=1S/C27H37N3O2/c1-18-7-10-26(27(28)12-18)21(4)13-25(32-17-20(3)16-31)11-19(2)14-30-23(6)24-9-8-22(5)29-15-24/h7-13,15,20,23,30-31H,2,14,16-17,28H2,1,3-6H3/b21-13+,25-11+/t20-,23+/m0/s1. The molecule has 0 radical (unpaired) electrons. The van der Waals surface area contributed by atoms with Crippen molar-refractivity contribution in [2.45, 2.75) is 40.7 Å². The Hall–Kier alpha value is -2.89. The van der Waals surface area contributed by atoms with E-state index in [4.69, 9.17) is 10.5 Å². The van der Waals surface area contributed by atoms with E-state index in [1.807, 2.05) is 70.3 Å². The maximum Gasteiger partial charge on any atom is 0.119 e. The molecular weight excluding hydrogens is 398 g/mol. The maximum atomic E-state index is 9.36. The lowest BCUT2D eigenvalue weighted by Gasteiger charge is -2.16. The second-order valence-electron chi connectivity index (χ2n) is 8.56. The number of hydrogen-bond donors (Lipinski definition) is 3. The van der Waals surface area contributed by atoms with Gasteiger partial charge in [-0.2, -0.15) is 0 Å². The van der Waals surface area contributed by atoms with Gasteiger partial charge in [-0.25, -0.2) is 0 Å². The number of allylic oxidation sites excluding steroid dienone is 2. The highest BCUT2D eigenvalue weighted by atomic mass is 16.5. The van der Waals surface area contributed by atoms with E-state index < -0.39 is 0 Å². The minimum absolute atomic E-state index is 0.0389. The molecule has 5 heteroatoms. The number of nitrogens with zero attached hydrogens (tertiary/aromatic N) is 1. The van der Waals surface area contributed by atoms with Gasteiger partial charge in [0.05, 0.1) is 6.61 Å². The number of pyridine rings is 1. The van der Waals surface area contributed by atoms with Gasteiger partial charge >= 0.3 is 0 Å². The Morgan fingerprint density at radius 2 is 1.97 bits per heavy atom. The Bertz CT molecular complexity index is 961. The topological polar surface area (TPSA) is 80.4 Å². The van der Waals surface area contributed by atoms with Crippen LogP contribution in [0.2, 0.25) is 0 Å². The van der Waals surface area contributed by atoms with Crippen molar-refractivity contribution < 1.29 is 9.84 Å². The fraction of sp³-hybridized carbons (Fsp3) is 0.370. The molecule has 0 bridgehead atoms. The van der Waals surface area contributed by atoms with Crippen molar-refractivity contribution in [2.75, 3.05) is 25.5 Å². The Morgan fingerprint density at radius 3 is 2.59 bits per heavy atom. The summed E-state index contributed by atoms with van der Waals surface area (Å²) >= 11 is 0. The molecule has 0 saturated heterocycles. The van der Waals surface area contributed by atoms with E-state index in [9.17, 15) is 5.11 Å². The number of nitrogens with one attached hydrogen (secondary N) is 1. The number of nitrogen functional groups attached to an aromatic ring is 1. The summed E-state index contributed by atoms with van der Waals surface area (Å²) in [5.41, 5.74) is 13.1. The first-order chi connectivity index (χ1) is 15.2. The molecule has 4 N–H and O–H groups in total. The van der Waals surface area contributed by atoms with Crippen LogP contribution in [0, 0.1) is 19.8 Å². The number of aliphatic hydroxyl groups is 1. The Labute approximate surface area is 192 Å². The largest absolute Gasteiger partial charge is 0.493 e. The van der Waals surface area contributed by atoms with Crippen LogP contribution in [-0.4, -0.2) is 29.8 Å². The molecule has 0 unspecified atom stereocenters. The van der Waals surface area contributed by atoms with Gasteiger partial charge in [0, 0.05) is 48.3 Å². The average Bonchev–Trinajstić information content (AvgIpc) is 2.75. The Morgan fingerprint density at radius 1 is 1.22 bits per heavy atom. The Kier molecular flexibility index (Phi) is 9.69. The van der Waals surface area contributed by atoms with Crippen molar-refractivity contribution in [3.05, 3.63) is 89.0 Å². The number of benzene rings is 1. The molecule has 172 valence electrons. The Balaban J connectivity index is 2.14. The van der Waals surface area contributed by atoms with Crippen LogP contribution < -0.4 is 11.1 Å². The molecule has 0 aliphatic carbocycles. The highest BCUT2D eigenvalue weighted by Gasteiger charge is 2.08. The number of aryl methyl sites for hydroxylation is 2. The SMILES string of the molecule is C=C(/C=C(\C=C(/C)c1ccc(C)cc1N)OC[C@@H](C)CO)CN[C@H](C)c1ccc(C)nc1. The summed E-state index contributed by atoms with van der Waals surface area (Å²) in [6, 6.07) is 10.3. The molecule has 0 amide bonds. The lowest BCUT2D eigenvalue weighted by Crippen LogP contribution is -2.21. The van der Waals surface area contributed by atoms with Crippen molar-refractivity contribution in [1.82, 2.24) is 10.3 Å². The van der Waals surface area contributed by atoms with Gasteiger partial charge in [0.1, 0.15) is 5.76 Å². The molecule has 2 rings (SSSR count). The number of ether oxygens (including phenoxy) is 1. The summed E-state index contributed by atoms with van der Waals surface area (Å²) in [5, 5.41) is 12.8. The number of aliphatic hydroxyl groups excluding tert-OH is 1. The number of rotatable bonds is 11. The zero-order chi connectivity index (χ0) is 23.7. The molecule has 0 fully saturated rings. The predicted molar refractivity (Wildman–Crippen MR) is 134 cm³/mol. The summed E-state index contributed by atoms with van der Waals surface area (Å²) in [5.74, 6) is 0.733. The van der Waals surface area contributed by atoms with Gasteiger partial charge in [-0.05, 0) is 74.3 Å². The van der Waals surface area contributed by atoms with Crippen molar-refractivity contribution >= 4 is 11.3 Å². The molecule has 0 aliphatic rings. The van der Waals surface area contributed by atoms with Crippen LogP contribution in [0.4, 0.5) is 5.69 Å². The van der Waals surface area contributed by atoms with Crippen LogP contribution >= 0.6 is 0 Å². The number of anilines is 1. The van der Waals surface area contributed by atoms with E-state index in [0.717, 1.165) is 39.2 Å². The molecule has 2 aromatic rings. The fourth-order valence-corrected chi connectivity index (χ4v) is 3.14. The molecule has 1 heterocycles. The van der Waals surface area contributed by atoms with Crippen LogP contribution in [-0.2, 0) is 4.74 Å². The maximum absolute atomic E-state index is 9.36. The van der Waals surface area contributed by atoms with E-state index >= 15 is 0 Å². The zero-order valence-electron chi connectivity index (χ0n) is 20.0. The lowest BCUT2D eigenvalue weighted by atomic mass is 10.0. The monoisotopic (exact) mass is 435 g/mol. The minimum atomic E-state index is 0.0389. The van der Waals surface area contributed by atoms with Gasteiger partial charge in [-0.1, -0.05) is 31.7 Å². The zero-order valence-corrected chi connectivity index (χ0v) is 20.0. The molecule has 1 aromatic carbocycles. The van der Waals surface area contributed by atoms with Crippen molar-refractivity contribution in [3.8, 4) is 0 Å². The average molecular weight is 436 g/mol.